The molecule has 29 heavy (non-hydrogen) atoms. The first-order valence-corrected chi connectivity index (χ1v) is 9.91. The van der Waals surface area contributed by atoms with Gasteiger partial charge in [0.25, 0.3) is 0 Å². The van der Waals surface area contributed by atoms with Crippen molar-refractivity contribution in [3.63, 3.8) is 0 Å². The van der Waals surface area contributed by atoms with Crippen molar-refractivity contribution in [3.8, 4) is 0 Å². The Kier molecular flexibility index (Phi) is 6.23. The summed E-state index contributed by atoms with van der Waals surface area (Å²) in [4.78, 5) is 27.8. The number of amides is 2. The number of carbonyl (C=O) groups is 2. The number of ether oxygens (including phenoxy) is 1. The lowest BCUT2D eigenvalue weighted by Crippen LogP contribution is -2.32. The fourth-order valence-electron chi connectivity index (χ4n) is 3.42. The molecule has 1 saturated heterocycles. The summed E-state index contributed by atoms with van der Waals surface area (Å²) in [5, 5.41) is 0. The van der Waals surface area contributed by atoms with Crippen LogP contribution >= 0.6 is 0 Å². The minimum absolute atomic E-state index is 0.0295. The zero-order chi connectivity index (χ0) is 21.0. The van der Waals surface area contributed by atoms with Gasteiger partial charge in [0.2, 0.25) is 0 Å². The maximum Gasteiger partial charge on any atom is 0.329 e. The first-order chi connectivity index (χ1) is 13.9. The number of urea groups is 1. The van der Waals surface area contributed by atoms with Crippen LogP contribution in [-0.4, -0.2) is 38.7 Å². The van der Waals surface area contributed by atoms with Gasteiger partial charge in [0.15, 0.2) is 0 Å². The van der Waals surface area contributed by atoms with E-state index in [4.69, 9.17) is 5.73 Å². The molecule has 1 aliphatic heterocycles. The number of nitrogens with zero attached hydrogens (tertiary/aromatic N) is 2. The van der Waals surface area contributed by atoms with Gasteiger partial charge in [-0.3, -0.25) is 14.6 Å². The number of carbonyl (C=O) groups excluding carboxylic acids is 2. The molecule has 6 heteroatoms. The Morgan fingerprint density at radius 2 is 1.52 bits per heavy atom. The Morgan fingerprint density at radius 1 is 1.00 bits per heavy atom. The van der Waals surface area contributed by atoms with Gasteiger partial charge < -0.3 is 10.5 Å². The van der Waals surface area contributed by atoms with E-state index in [1.54, 1.807) is 9.80 Å². The number of anilines is 2. The van der Waals surface area contributed by atoms with Crippen molar-refractivity contribution in [2.75, 3.05) is 36.5 Å². The van der Waals surface area contributed by atoms with Crippen LogP contribution in [0.25, 0.3) is 0 Å². The summed E-state index contributed by atoms with van der Waals surface area (Å²) in [7, 11) is 1.39. The molecule has 6 nitrogen and oxygen atoms in total. The zero-order valence-corrected chi connectivity index (χ0v) is 17.4. The van der Waals surface area contributed by atoms with Gasteiger partial charge in [-0.1, -0.05) is 38.1 Å². The number of aryl methyl sites for hydroxylation is 1. The normalized spacial score (nSPS) is 14.4. The predicted molar refractivity (Wildman–Crippen MR) is 115 cm³/mol. The molecular weight excluding hydrogens is 366 g/mol. The molecule has 0 spiro atoms. The summed E-state index contributed by atoms with van der Waals surface area (Å²) in [6, 6.07) is 15.8. The average molecular weight is 396 g/mol. The molecule has 1 aliphatic rings. The summed E-state index contributed by atoms with van der Waals surface area (Å²) in [6.45, 7) is 6.07. The summed E-state index contributed by atoms with van der Waals surface area (Å²) in [6.07, 6.45) is 0.974. The fraction of sp³-hybridized carbons (Fsp3) is 0.391. The molecular formula is C23H29N3O3. The van der Waals surface area contributed by atoms with E-state index in [0.717, 1.165) is 22.5 Å². The number of nitrogens with two attached hydrogens (primary N) is 1. The number of hydrogen-bond acceptors (Lipinski definition) is 4. The molecule has 0 bridgehead atoms. The molecule has 2 aromatic carbocycles. The molecule has 1 heterocycles. The van der Waals surface area contributed by atoms with Gasteiger partial charge in [-0.15, -0.1) is 0 Å². The first-order valence-electron chi connectivity index (χ1n) is 9.91. The third-order valence-electron chi connectivity index (χ3n) is 5.57. The van der Waals surface area contributed by atoms with Crippen LogP contribution in [0.5, 0.6) is 0 Å². The van der Waals surface area contributed by atoms with Crippen molar-refractivity contribution in [2.45, 2.75) is 32.1 Å². The average Bonchev–Trinajstić information content (AvgIpc) is 3.13. The number of benzene rings is 2. The number of esters is 1. The van der Waals surface area contributed by atoms with Crippen LogP contribution in [0.15, 0.2) is 48.5 Å². The summed E-state index contributed by atoms with van der Waals surface area (Å²) < 4.78 is 4.67. The number of rotatable bonds is 7. The third-order valence-corrected chi connectivity index (χ3v) is 5.57. The van der Waals surface area contributed by atoms with Crippen LogP contribution in [0.3, 0.4) is 0 Å². The van der Waals surface area contributed by atoms with E-state index >= 15 is 0 Å². The monoisotopic (exact) mass is 395 g/mol. The minimum Gasteiger partial charge on any atom is -0.469 e. The molecule has 0 unspecified atom stereocenters. The Hall–Kier alpha value is -2.86. The highest BCUT2D eigenvalue weighted by atomic mass is 16.5. The molecule has 0 aliphatic carbocycles. The third kappa shape index (κ3) is 4.59. The Bertz CT molecular complexity index is 860. The quantitative estimate of drug-likeness (QED) is 0.729. The van der Waals surface area contributed by atoms with E-state index < -0.39 is 0 Å². The second kappa shape index (κ2) is 8.66. The van der Waals surface area contributed by atoms with Crippen molar-refractivity contribution >= 4 is 23.4 Å². The second-order valence-corrected chi connectivity index (χ2v) is 7.96. The predicted octanol–water partition coefficient (Wildman–Crippen LogP) is 3.48. The van der Waals surface area contributed by atoms with Gasteiger partial charge in [0, 0.05) is 42.8 Å². The molecule has 2 aromatic rings. The van der Waals surface area contributed by atoms with Crippen LogP contribution < -0.4 is 15.5 Å². The molecule has 0 aromatic heterocycles. The van der Waals surface area contributed by atoms with E-state index in [1.807, 2.05) is 48.5 Å². The van der Waals surface area contributed by atoms with E-state index in [9.17, 15) is 9.59 Å². The summed E-state index contributed by atoms with van der Waals surface area (Å²) >= 11 is 0. The van der Waals surface area contributed by atoms with Gasteiger partial charge in [-0.05, 0) is 41.8 Å². The maximum absolute atomic E-state index is 13.0. The number of methoxy groups -OCH3 is 1. The highest BCUT2D eigenvalue weighted by molar-refractivity contribution is 6.06. The molecule has 154 valence electrons. The van der Waals surface area contributed by atoms with Gasteiger partial charge in [-0.25, -0.2) is 4.79 Å². The van der Waals surface area contributed by atoms with E-state index in [0.29, 0.717) is 32.5 Å². The van der Waals surface area contributed by atoms with Gasteiger partial charge in [-0.2, -0.15) is 0 Å². The van der Waals surface area contributed by atoms with Crippen LogP contribution in [0, 0.1) is 0 Å². The van der Waals surface area contributed by atoms with E-state index in [-0.39, 0.29) is 17.4 Å². The first kappa shape index (κ1) is 20.9. The second-order valence-electron chi connectivity index (χ2n) is 7.96. The molecule has 3 rings (SSSR count). The standard InChI is InChI=1S/C23H29N3O3/c1-23(2,16-24)18-7-11-20(12-8-18)26-15-14-25(22(26)28)19-9-4-17(5-10-19)6-13-21(27)29-3/h4-5,7-12H,6,13-16,24H2,1-3H3. The smallest absolute Gasteiger partial charge is 0.329 e. The van der Waals surface area contributed by atoms with Crippen molar-refractivity contribution < 1.29 is 14.3 Å². The van der Waals surface area contributed by atoms with E-state index in [2.05, 4.69) is 18.6 Å². The van der Waals surface area contributed by atoms with Crippen molar-refractivity contribution in [1.29, 1.82) is 0 Å². The van der Waals surface area contributed by atoms with Crippen molar-refractivity contribution in [3.05, 3.63) is 59.7 Å². The lowest BCUT2D eigenvalue weighted by Gasteiger charge is -2.24. The summed E-state index contributed by atoms with van der Waals surface area (Å²) in [5.74, 6) is -0.222. The Labute approximate surface area is 172 Å². The van der Waals surface area contributed by atoms with Crippen molar-refractivity contribution in [1.82, 2.24) is 0 Å². The molecule has 0 saturated carbocycles. The zero-order valence-electron chi connectivity index (χ0n) is 17.4. The molecule has 0 atom stereocenters. The Morgan fingerprint density at radius 3 is 2.00 bits per heavy atom. The molecule has 0 radical (unpaired) electrons. The molecule has 2 N–H and O–H groups in total. The number of hydrogen-bond donors (Lipinski definition) is 1. The van der Waals surface area contributed by atoms with Gasteiger partial charge in [0.05, 0.1) is 7.11 Å². The SMILES string of the molecule is COC(=O)CCc1ccc(N2CCN(c3ccc(C(C)(C)CN)cc3)C2=O)cc1. The molecule has 1 fully saturated rings. The lowest BCUT2D eigenvalue weighted by atomic mass is 9.85. The van der Waals surface area contributed by atoms with Gasteiger partial charge >= 0.3 is 12.0 Å². The Balaban J connectivity index is 1.67. The van der Waals surface area contributed by atoms with Gasteiger partial charge in [0.1, 0.15) is 0 Å². The molecule has 2 amide bonds. The maximum atomic E-state index is 13.0. The largest absolute Gasteiger partial charge is 0.469 e. The fourth-order valence-corrected chi connectivity index (χ4v) is 3.42. The van der Waals surface area contributed by atoms with Crippen LogP contribution in [-0.2, 0) is 21.4 Å². The van der Waals surface area contributed by atoms with Crippen molar-refractivity contribution in [2.24, 2.45) is 5.73 Å². The van der Waals surface area contributed by atoms with Crippen LogP contribution in [0.1, 0.15) is 31.4 Å². The summed E-state index contributed by atoms with van der Waals surface area (Å²) in [5.41, 5.74) is 9.73. The highest BCUT2D eigenvalue weighted by Gasteiger charge is 2.31. The highest BCUT2D eigenvalue weighted by Crippen LogP contribution is 2.28. The van der Waals surface area contributed by atoms with Crippen LogP contribution in [0.2, 0.25) is 0 Å². The van der Waals surface area contributed by atoms with Crippen LogP contribution in [0.4, 0.5) is 16.2 Å². The lowest BCUT2D eigenvalue weighted by molar-refractivity contribution is -0.140. The minimum atomic E-state index is -0.222. The topological polar surface area (TPSA) is 75.9 Å². The van der Waals surface area contributed by atoms with E-state index in [1.165, 1.54) is 7.11 Å².